The van der Waals surface area contributed by atoms with Gasteiger partial charge in [0.25, 0.3) is 0 Å². The molecule has 1 saturated carbocycles. The Labute approximate surface area is 147 Å². The highest BCUT2D eigenvalue weighted by atomic mass is 79.9. The van der Waals surface area contributed by atoms with E-state index in [1.165, 1.54) is 56.2 Å². The van der Waals surface area contributed by atoms with Crippen LogP contribution in [0.15, 0.2) is 10.5 Å². The molecule has 1 aromatic heterocycles. The van der Waals surface area contributed by atoms with Gasteiger partial charge in [-0.15, -0.1) is 11.3 Å². The average Bonchev–Trinajstić information content (AvgIpc) is 2.77. The van der Waals surface area contributed by atoms with Crippen molar-refractivity contribution in [3.8, 4) is 0 Å². The molecule has 1 aromatic rings. The van der Waals surface area contributed by atoms with Crippen LogP contribution in [0.4, 0.5) is 0 Å². The zero-order valence-electron chi connectivity index (χ0n) is 13.2. The molecule has 2 rings (SSSR count). The van der Waals surface area contributed by atoms with Gasteiger partial charge in [0, 0.05) is 15.4 Å². The largest absolute Gasteiger partial charge is 0.315 e. The van der Waals surface area contributed by atoms with Gasteiger partial charge in [0.15, 0.2) is 0 Å². The fraction of sp³-hybridized carbons (Fsp3) is 0.765. The van der Waals surface area contributed by atoms with Gasteiger partial charge in [-0.25, -0.2) is 0 Å². The lowest BCUT2D eigenvalue weighted by Gasteiger charge is -2.38. The molecule has 0 unspecified atom stereocenters. The molecule has 21 heavy (non-hydrogen) atoms. The van der Waals surface area contributed by atoms with Crippen molar-refractivity contribution in [2.45, 2.75) is 71.3 Å². The molecule has 1 nitrogen and oxygen atoms in total. The predicted molar refractivity (Wildman–Crippen MR) is 98.6 cm³/mol. The third-order valence-electron chi connectivity index (χ3n) is 4.72. The molecule has 1 N–H and O–H groups in total. The molecule has 0 saturated heterocycles. The molecule has 1 aliphatic carbocycles. The molecule has 0 aliphatic heterocycles. The van der Waals surface area contributed by atoms with Crippen molar-refractivity contribution in [3.05, 3.63) is 19.8 Å². The summed E-state index contributed by atoms with van der Waals surface area (Å²) in [5, 5.41) is 3.60. The van der Waals surface area contributed by atoms with Crippen LogP contribution in [0.2, 0.25) is 4.34 Å². The third-order valence-corrected chi connectivity index (χ3v) is 7.25. The summed E-state index contributed by atoms with van der Waals surface area (Å²) in [5.41, 5.74) is 0.559. The van der Waals surface area contributed by atoms with E-state index in [1.807, 2.05) is 0 Å². The lowest BCUT2D eigenvalue weighted by atomic mass is 9.69. The lowest BCUT2D eigenvalue weighted by molar-refractivity contribution is 0.156. The van der Waals surface area contributed by atoms with E-state index >= 15 is 0 Å². The Kier molecular flexibility index (Phi) is 7.05. The number of nitrogens with one attached hydrogen (secondary N) is 1. The minimum atomic E-state index is 0.559. The van der Waals surface area contributed by atoms with Gasteiger partial charge in [-0.05, 0) is 66.1 Å². The van der Waals surface area contributed by atoms with Gasteiger partial charge in [-0.1, -0.05) is 44.7 Å². The van der Waals surface area contributed by atoms with E-state index in [-0.39, 0.29) is 0 Å². The van der Waals surface area contributed by atoms with Gasteiger partial charge in [0.2, 0.25) is 0 Å². The van der Waals surface area contributed by atoms with E-state index < -0.39 is 0 Å². The highest BCUT2D eigenvalue weighted by molar-refractivity contribution is 9.10. The normalized spacial score (nSPS) is 18.3. The van der Waals surface area contributed by atoms with Crippen molar-refractivity contribution in [1.29, 1.82) is 0 Å². The van der Waals surface area contributed by atoms with Gasteiger partial charge >= 0.3 is 0 Å². The molecule has 1 aliphatic rings. The molecule has 0 atom stereocenters. The summed E-state index contributed by atoms with van der Waals surface area (Å²) in [6, 6.07) is 2.80. The number of rotatable bonds is 7. The topological polar surface area (TPSA) is 12.0 Å². The molecule has 4 heteroatoms. The van der Waals surface area contributed by atoms with Crippen molar-refractivity contribution >= 4 is 38.9 Å². The smallest absolute Gasteiger partial charge is 0.107 e. The van der Waals surface area contributed by atoms with Crippen LogP contribution in [0, 0.1) is 5.41 Å². The first-order valence-corrected chi connectivity index (χ1v) is 10.2. The fourth-order valence-corrected chi connectivity index (χ4v) is 5.25. The van der Waals surface area contributed by atoms with Crippen LogP contribution in [-0.4, -0.2) is 12.6 Å². The maximum Gasteiger partial charge on any atom is 0.107 e. The van der Waals surface area contributed by atoms with Crippen LogP contribution in [0.1, 0.15) is 63.7 Å². The van der Waals surface area contributed by atoms with Crippen LogP contribution >= 0.6 is 38.9 Å². The van der Waals surface area contributed by atoms with Gasteiger partial charge in [-0.3, -0.25) is 0 Å². The Morgan fingerprint density at radius 3 is 2.57 bits per heavy atom. The van der Waals surface area contributed by atoms with Crippen molar-refractivity contribution in [1.82, 2.24) is 5.32 Å². The Morgan fingerprint density at radius 2 is 2.00 bits per heavy atom. The summed E-state index contributed by atoms with van der Waals surface area (Å²) >= 11 is 11.4. The second-order valence-corrected chi connectivity index (χ2v) is 9.35. The van der Waals surface area contributed by atoms with E-state index in [4.69, 9.17) is 11.6 Å². The Bertz CT molecular complexity index is 418. The Balaban J connectivity index is 1.92. The predicted octanol–water partition coefficient (Wildman–Crippen LogP) is 6.44. The molecule has 0 amide bonds. The van der Waals surface area contributed by atoms with Crippen molar-refractivity contribution in [2.75, 3.05) is 6.54 Å². The first-order valence-electron chi connectivity index (χ1n) is 8.18. The number of aryl methyl sites for hydroxylation is 1. The highest BCUT2D eigenvalue weighted by Crippen LogP contribution is 2.44. The summed E-state index contributed by atoms with van der Waals surface area (Å²) in [6.45, 7) is 5.63. The van der Waals surface area contributed by atoms with Crippen molar-refractivity contribution < 1.29 is 0 Å². The quantitative estimate of drug-likeness (QED) is 0.563. The zero-order chi connectivity index (χ0) is 15.3. The van der Waals surface area contributed by atoms with E-state index in [0.29, 0.717) is 11.5 Å². The molecule has 0 radical (unpaired) electrons. The van der Waals surface area contributed by atoms with Crippen LogP contribution in [0.25, 0.3) is 0 Å². The number of halogens is 2. The summed E-state index contributed by atoms with van der Waals surface area (Å²) < 4.78 is 1.95. The monoisotopic (exact) mass is 391 g/mol. The molecular formula is C17H27BrClNS. The highest BCUT2D eigenvalue weighted by Gasteiger charge is 2.31. The minimum absolute atomic E-state index is 0.559. The average molecular weight is 393 g/mol. The molecule has 0 bridgehead atoms. The van der Waals surface area contributed by atoms with Gasteiger partial charge < -0.3 is 5.32 Å². The van der Waals surface area contributed by atoms with Gasteiger partial charge in [0.1, 0.15) is 4.34 Å². The third kappa shape index (κ3) is 5.53. The standard InChI is InChI=1S/C17H27BrClNS/c1-13(2)20-11-10-17(7-4-3-5-8-17)9-6-14-12-15(18)16(19)21-14/h12-13,20H,3-11H2,1-2H3. The van der Waals surface area contributed by atoms with Gasteiger partial charge in [-0.2, -0.15) is 0 Å². The van der Waals surface area contributed by atoms with Crippen LogP contribution in [-0.2, 0) is 6.42 Å². The molecule has 120 valence electrons. The second kappa shape index (κ2) is 8.33. The maximum absolute atomic E-state index is 6.17. The summed E-state index contributed by atoms with van der Waals surface area (Å²) in [7, 11) is 0. The summed E-state index contributed by atoms with van der Waals surface area (Å²) in [6.07, 6.45) is 10.9. The minimum Gasteiger partial charge on any atom is -0.315 e. The Morgan fingerprint density at radius 1 is 1.29 bits per heavy atom. The van der Waals surface area contributed by atoms with Crippen molar-refractivity contribution in [2.24, 2.45) is 5.41 Å². The van der Waals surface area contributed by atoms with Gasteiger partial charge in [0.05, 0.1) is 0 Å². The van der Waals surface area contributed by atoms with E-state index in [9.17, 15) is 0 Å². The summed E-state index contributed by atoms with van der Waals surface area (Å²) in [5.74, 6) is 0. The number of hydrogen-bond acceptors (Lipinski definition) is 2. The van der Waals surface area contributed by atoms with Crippen LogP contribution in [0.3, 0.4) is 0 Å². The first kappa shape index (κ1) is 17.8. The molecule has 0 spiro atoms. The molecular weight excluding hydrogens is 366 g/mol. The molecule has 1 heterocycles. The molecule has 1 fully saturated rings. The number of thiophene rings is 1. The fourth-order valence-electron chi connectivity index (χ4n) is 3.46. The molecule has 0 aromatic carbocycles. The number of hydrogen-bond donors (Lipinski definition) is 1. The Hall–Kier alpha value is 0.430. The van der Waals surface area contributed by atoms with Crippen molar-refractivity contribution in [3.63, 3.8) is 0 Å². The first-order chi connectivity index (χ1) is 10.0. The van der Waals surface area contributed by atoms with Crippen LogP contribution in [0.5, 0.6) is 0 Å². The maximum atomic E-state index is 6.17. The van der Waals surface area contributed by atoms with E-state index in [1.54, 1.807) is 11.3 Å². The van der Waals surface area contributed by atoms with Crippen LogP contribution < -0.4 is 5.32 Å². The zero-order valence-corrected chi connectivity index (χ0v) is 16.3. The second-order valence-electron chi connectivity index (χ2n) is 6.75. The van der Waals surface area contributed by atoms with E-state index in [2.05, 4.69) is 41.2 Å². The SMILES string of the molecule is CC(C)NCCC1(CCc2cc(Br)c(Cl)s2)CCCCC1. The van der Waals surface area contributed by atoms with E-state index in [0.717, 1.165) is 15.4 Å². The lowest BCUT2D eigenvalue weighted by Crippen LogP contribution is -2.32. The summed E-state index contributed by atoms with van der Waals surface area (Å²) in [4.78, 5) is 1.42.